The molecule has 5 nitrogen and oxygen atoms in total. The minimum Gasteiger partial charge on any atom is -0.378 e. The van der Waals surface area contributed by atoms with E-state index in [1.165, 1.54) is 0 Å². The Labute approximate surface area is 154 Å². The smallest absolute Gasteiger partial charge is 0.253 e. The molecule has 0 spiro atoms. The topological polar surface area (TPSA) is 66.2 Å². The number of nitrogens with zero attached hydrogens (tertiary/aromatic N) is 3. The second-order valence-corrected chi connectivity index (χ2v) is 6.60. The van der Waals surface area contributed by atoms with Gasteiger partial charge in [0.1, 0.15) is 11.8 Å². The highest BCUT2D eigenvalue weighted by Crippen LogP contribution is 2.20. The monoisotopic (exact) mass is 349 g/mol. The summed E-state index contributed by atoms with van der Waals surface area (Å²) in [6.45, 7) is 1.58. The molecule has 2 aromatic rings. The van der Waals surface area contributed by atoms with Gasteiger partial charge in [0.15, 0.2) is 0 Å². The van der Waals surface area contributed by atoms with E-state index >= 15 is 0 Å². The zero-order valence-corrected chi connectivity index (χ0v) is 15.0. The molecule has 1 fully saturated rings. The van der Waals surface area contributed by atoms with Crippen LogP contribution in [0.4, 0.5) is 0 Å². The Morgan fingerprint density at radius 3 is 2.96 bits per heavy atom. The summed E-state index contributed by atoms with van der Waals surface area (Å²) in [4.78, 5) is 18.8. The first kappa shape index (κ1) is 18.1. The summed E-state index contributed by atoms with van der Waals surface area (Å²) in [5.41, 5.74) is 2.53. The first-order valence-corrected chi connectivity index (χ1v) is 9.02. The lowest BCUT2D eigenvalue weighted by Crippen LogP contribution is -2.28. The van der Waals surface area contributed by atoms with Crippen LogP contribution in [0.5, 0.6) is 0 Å². The number of ether oxygens (including phenoxy) is 1. The van der Waals surface area contributed by atoms with Gasteiger partial charge in [0, 0.05) is 31.3 Å². The summed E-state index contributed by atoms with van der Waals surface area (Å²) in [5.74, 6) is -0.00405. The Bertz CT molecular complexity index is 807. The Morgan fingerprint density at radius 1 is 1.35 bits per heavy atom. The number of aromatic nitrogens is 1. The molecule has 1 saturated heterocycles. The number of rotatable bonds is 6. The average molecular weight is 349 g/mol. The first-order valence-electron chi connectivity index (χ1n) is 9.02. The second-order valence-electron chi connectivity index (χ2n) is 6.60. The van der Waals surface area contributed by atoms with E-state index in [-0.39, 0.29) is 5.91 Å². The van der Waals surface area contributed by atoms with Gasteiger partial charge < -0.3 is 9.64 Å². The third kappa shape index (κ3) is 4.47. The van der Waals surface area contributed by atoms with Gasteiger partial charge >= 0.3 is 0 Å². The quantitative estimate of drug-likeness (QED) is 0.798. The van der Waals surface area contributed by atoms with Crippen LogP contribution in [0.3, 0.4) is 0 Å². The van der Waals surface area contributed by atoms with Crippen molar-refractivity contribution in [3.05, 3.63) is 53.7 Å². The van der Waals surface area contributed by atoms with E-state index in [2.05, 4.69) is 4.98 Å². The SMILES string of the molecule is CN(CCC[C@H]1CCCO1)C(=O)c1cccc(-c2cccc(C#N)n2)c1. The normalized spacial score (nSPS) is 16.2. The summed E-state index contributed by atoms with van der Waals surface area (Å²) >= 11 is 0. The number of hydrogen-bond donors (Lipinski definition) is 0. The number of hydrogen-bond acceptors (Lipinski definition) is 4. The van der Waals surface area contributed by atoms with Crippen molar-refractivity contribution >= 4 is 5.91 Å². The third-order valence-electron chi connectivity index (χ3n) is 4.66. The minimum absolute atomic E-state index is 0.00405. The molecule has 2 heterocycles. The molecule has 0 N–H and O–H groups in total. The highest BCUT2D eigenvalue weighted by atomic mass is 16.5. The second kappa shape index (κ2) is 8.59. The van der Waals surface area contributed by atoms with Gasteiger partial charge in [-0.1, -0.05) is 18.2 Å². The first-order chi connectivity index (χ1) is 12.7. The predicted molar refractivity (Wildman–Crippen MR) is 99.6 cm³/mol. The van der Waals surface area contributed by atoms with Crippen molar-refractivity contribution in [3.8, 4) is 17.3 Å². The molecule has 5 heteroatoms. The maximum atomic E-state index is 12.7. The number of carbonyl (C=O) groups is 1. The fraction of sp³-hybridized carbons (Fsp3) is 0.381. The molecule has 0 saturated carbocycles. The Balaban J connectivity index is 1.64. The van der Waals surface area contributed by atoms with E-state index in [1.807, 2.05) is 43.4 Å². The summed E-state index contributed by atoms with van der Waals surface area (Å²) in [6.07, 6.45) is 4.59. The van der Waals surface area contributed by atoms with E-state index in [9.17, 15) is 4.79 Å². The Hall–Kier alpha value is -2.71. The number of carbonyl (C=O) groups excluding carboxylic acids is 1. The number of nitriles is 1. The average Bonchev–Trinajstić information content (AvgIpc) is 3.21. The van der Waals surface area contributed by atoms with Crippen LogP contribution in [0.1, 0.15) is 41.7 Å². The number of benzene rings is 1. The molecular formula is C21H23N3O2. The maximum absolute atomic E-state index is 12.7. The molecule has 1 amide bonds. The van der Waals surface area contributed by atoms with Crippen LogP contribution in [0, 0.1) is 11.3 Å². The molecule has 1 atom stereocenters. The molecule has 0 bridgehead atoms. The van der Waals surface area contributed by atoms with Crippen molar-refractivity contribution in [2.75, 3.05) is 20.2 Å². The maximum Gasteiger partial charge on any atom is 0.253 e. The van der Waals surface area contributed by atoms with E-state index in [0.29, 0.717) is 29.6 Å². The van der Waals surface area contributed by atoms with Crippen molar-refractivity contribution < 1.29 is 9.53 Å². The third-order valence-corrected chi connectivity index (χ3v) is 4.66. The predicted octanol–water partition coefficient (Wildman–Crippen LogP) is 3.65. The molecular weight excluding hydrogens is 326 g/mol. The van der Waals surface area contributed by atoms with Gasteiger partial charge in [0.05, 0.1) is 11.8 Å². The van der Waals surface area contributed by atoms with Crippen LogP contribution < -0.4 is 0 Å². The zero-order chi connectivity index (χ0) is 18.4. The van der Waals surface area contributed by atoms with E-state index in [0.717, 1.165) is 37.9 Å². The molecule has 1 aromatic heterocycles. The van der Waals surface area contributed by atoms with E-state index in [1.54, 1.807) is 17.0 Å². The van der Waals surface area contributed by atoms with Gasteiger partial charge in [0.25, 0.3) is 5.91 Å². The number of pyridine rings is 1. The molecule has 3 rings (SSSR count). The van der Waals surface area contributed by atoms with Crippen LogP contribution in [0.25, 0.3) is 11.3 Å². The Morgan fingerprint density at radius 2 is 2.19 bits per heavy atom. The summed E-state index contributed by atoms with van der Waals surface area (Å²) < 4.78 is 5.63. The van der Waals surface area contributed by atoms with Crippen molar-refractivity contribution in [2.24, 2.45) is 0 Å². The fourth-order valence-corrected chi connectivity index (χ4v) is 3.22. The van der Waals surface area contributed by atoms with Crippen molar-refractivity contribution in [3.63, 3.8) is 0 Å². The van der Waals surface area contributed by atoms with Gasteiger partial charge in [-0.2, -0.15) is 5.26 Å². The van der Waals surface area contributed by atoms with Crippen molar-refractivity contribution in [1.82, 2.24) is 9.88 Å². The molecule has 1 aliphatic rings. The van der Waals surface area contributed by atoms with Crippen LogP contribution >= 0.6 is 0 Å². The largest absolute Gasteiger partial charge is 0.378 e. The lowest BCUT2D eigenvalue weighted by Gasteiger charge is -2.18. The van der Waals surface area contributed by atoms with Crippen LogP contribution in [0.15, 0.2) is 42.5 Å². The summed E-state index contributed by atoms with van der Waals surface area (Å²) in [5, 5.41) is 9.00. The van der Waals surface area contributed by atoms with Gasteiger partial charge in [-0.3, -0.25) is 4.79 Å². The molecule has 0 aliphatic carbocycles. The van der Waals surface area contributed by atoms with E-state index < -0.39 is 0 Å². The standard InChI is InChI=1S/C21H23N3O2/c1-24(12-4-9-19-10-5-13-26-19)21(25)17-7-2-6-16(14-17)20-11-3-8-18(15-22)23-20/h2-3,6-8,11,14,19H,4-5,9-10,12-13H2,1H3/t19-/m0/s1. The Kier molecular flexibility index (Phi) is 5.98. The molecule has 0 radical (unpaired) electrons. The van der Waals surface area contributed by atoms with Crippen LogP contribution in [-0.4, -0.2) is 42.1 Å². The molecule has 1 aliphatic heterocycles. The molecule has 26 heavy (non-hydrogen) atoms. The molecule has 134 valence electrons. The summed E-state index contributed by atoms with van der Waals surface area (Å²) in [7, 11) is 1.83. The highest BCUT2D eigenvalue weighted by molar-refractivity contribution is 5.95. The van der Waals surface area contributed by atoms with Crippen molar-refractivity contribution in [1.29, 1.82) is 5.26 Å². The van der Waals surface area contributed by atoms with E-state index in [4.69, 9.17) is 10.00 Å². The van der Waals surface area contributed by atoms with Crippen LogP contribution in [0.2, 0.25) is 0 Å². The number of amides is 1. The van der Waals surface area contributed by atoms with Gasteiger partial charge in [-0.25, -0.2) is 4.98 Å². The van der Waals surface area contributed by atoms with Crippen molar-refractivity contribution in [2.45, 2.75) is 31.8 Å². The zero-order valence-electron chi connectivity index (χ0n) is 15.0. The molecule has 1 aromatic carbocycles. The van der Waals surface area contributed by atoms with Crippen LogP contribution in [-0.2, 0) is 4.74 Å². The highest BCUT2D eigenvalue weighted by Gasteiger charge is 2.17. The van der Waals surface area contributed by atoms with Gasteiger partial charge in [-0.05, 0) is 49.9 Å². The van der Waals surface area contributed by atoms with Gasteiger partial charge in [-0.15, -0.1) is 0 Å². The molecule has 0 unspecified atom stereocenters. The van der Waals surface area contributed by atoms with Gasteiger partial charge in [0.2, 0.25) is 0 Å². The summed E-state index contributed by atoms with van der Waals surface area (Å²) in [6, 6.07) is 14.8. The lowest BCUT2D eigenvalue weighted by molar-refractivity contribution is 0.0763. The minimum atomic E-state index is -0.00405. The lowest BCUT2D eigenvalue weighted by atomic mass is 10.1. The fourth-order valence-electron chi connectivity index (χ4n) is 3.22.